The summed E-state index contributed by atoms with van der Waals surface area (Å²) in [6, 6.07) is 22.0. The Hall–Kier alpha value is -4.42. The number of nitrogens with one attached hydrogen (secondary N) is 3. The summed E-state index contributed by atoms with van der Waals surface area (Å²) in [5.74, 6) is -0.668. The van der Waals surface area contributed by atoms with Crippen LogP contribution in [0.3, 0.4) is 0 Å². The Labute approximate surface area is 270 Å². The van der Waals surface area contributed by atoms with Crippen LogP contribution in [0.25, 0.3) is 0 Å². The van der Waals surface area contributed by atoms with Gasteiger partial charge in [0.1, 0.15) is 23.9 Å². The number of hydrogen-bond acceptors (Lipinski definition) is 8. The van der Waals surface area contributed by atoms with E-state index >= 15 is 0 Å². The molecule has 0 aliphatic rings. The van der Waals surface area contributed by atoms with Crippen molar-refractivity contribution in [3.8, 4) is 10.8 Å². The van der Waals surface area contributed by atoms with Gasteiger partial charge < -0.3 is 36.3 Å². The lowest BCUT2D eigenvalue weighted by Gasteiger charge is -2.26. The lowest BCUT2D eigenvalue weighted by Crippen LogP contribution is -2.56. The van der Waals surface area contributed by atoms with E-state index in [9.17, 15) is 19.5 Å². The number of halogens is 1. The average Bonchev–Trinajstić information content (AvgIpc) is 3.46. The smallest absolute Gasteiger partial charge is 0.414 e. The van der Waals surface area contributed by atoms with E-state index in [0.29, 0.717) is 30.0 Å². The van der Waals surface area contributed by atoms with Crippen LogP contribution in [0.5, 0.6) is 10.8 Å². The van der Waals surface area contributed by atoms with Crippen molar-refractivity contribution < 1.29 is 29.0 Å². The summed E-state index contributed by atoms with van der Waals surface area (Å²) >= 11 is 7.20. The van der Waals surface area contributed by atoms with Crippen LogP contribution in [0.4, 0.5) is 4.79 Å². The fourth-order valence-corrected chi connectivity index (χ4v) is 5.36. The second-order valence-corrected chi connectivity index (χ2v) is 11.3. The van der Waals surface area contributed by atoms with Crippen LogP contribution in [0, 0.1) is 0 Å². The van der Waals surface area contributed by atoms with Gasteiger partial charge in [0.05, 0.1) is 11.6 Å². The first-order chi connectivity index (χ1) is 21.8. The summed E-state index contributed by atoms with van der Waals surface area (Å²) in [6.45, 7) is 2.91. The molecule has 3 aromatic carbocycles. The summed E-state index contributed by atoms with van der Waals surface area (Å²) in [6.07, 6.45) is -2.25. The molecule has 1 aromatic heterocycles. The monoisotopic (exact) mass is 650 g/mol. The molecule has 6 N–H and O–H groups in total. The molecule has 0 spiro atoms. The number of carbonyl (C=O) groups is 3. The van der Waals surface area contributed by atoms with Crippen molar-refractivity contribution in [3.63, 3.8) is 0 Å². The quantitative estimate of drug-likeness (QED) is 0.135. The first-order valence-electron chi connectivity index (χ1n) is 14.3. The van der Waals surface area contributed by atoms with Crippen LogP contribution in [-0.2, 0) is 29.1 Å². The lowest BCUT2D eigenvalue weighted by atomic mass is 9.99. The van der Waals surface area contributed by atoms with Gasteiger partial charge in [0, 0.05) is 19.5 Å². The Kier molecular flexibility index (Phi) is 12.3. The number of nitrogens with two attached hydrogens (primary N) is 1. The van der Waals surface area contributed by atoms with Crippen molar-refractivity contribution in [1.29, 1.82) is 0 Å². The Morgan fingerprint density at radius 2 is 1.56 bits per heavy atom. The SMILES string of the molecule is CCOc1ccc(C[C@@H](NC(=O)Oc2sccc2Cl)C(=O)N[C@H](C(=O)NCc2ccc(CN)cc2)[C@H](O)c2ccccc2)cc1. The number of thiophene rings is 1. The zero-order chi connectivity index (χ0) is 32.2. The van der Waals surface area contributed by atoms with Crippen molar-refractivity contribution in [3.05, 3.63) is 118 Å². The second kappa shape index (κ2) is 16.6. The van der Waals surface area contributed by atoms with E-state index in [1.807, 2.05) is 31.2 Å². The highest BCUT2D eigenvalue weighted by atomic mass is 35.5. The maximum absolute atomic E-state index is 13.8. The van der Waals surface area contributed by atoms with Crippen LogP contribution in [0.1, 0.15) is 35.3 Å². The molecule has 10 nitrogen and oxygen atoms in total. The fourth-order valence-electron chi connectivity index (χ4n) is 4.42. The molecule has 0 radical (unpaired) electrons. The number of rotatable bonds is 14. The van der Waals surface area contributed by atoms with Gasteiger partial charge >= 0.3 is 6.09 Å². The topological polar surface area (TPSA) is 152 Å². The zero-order valence-electron chi connectivity index (χ0n) is 24.6. The minimum atomic E-state index is -1.39. The van der Waals surface area contributed by atoms with Gasteiger partial charge in [-0.05, 0) is 52.8 Å². The average molecular weight is 651 g/mol. The van der Waals surface area contributed by atoms with Crippen LogP contribution < -0.4 is 31.2 Å². The highest BCUT2D eigenvalue weighted by molar-refractivity contribution is 7.12. The molecular weight excluding hydrogens is 616 g/mol. The van der Waals surface area contributed by atoms with E-state index in [1.165, 1.54) is 0 Å². The molecule has 0 fully saturated rings. The number of amides is 3. The lowest BCUT2D eigenvalue weighted by molar-refractivity contribution is -0.133. The summed E-state index contributed by atoms with van der Waals surface area (Å²) in [5.41, 5.74) is 8.56. The van der Waals surface area contributed by atoms with Gasteiger partial charge in [-0.2, -0.15) is 0 Å². The van der Waals surface area contributed by atoms with Gasteiger partial charge in [-0.15, -0.1) is 11.3 Å². The summed E-state index contributed by atoms with van der Waals surface area (Å²) in [7, 11) is 0. The van der Waals surface area contributed by atoms with Gasteiger partial charge in [0.2, 0.25) is 16.9 Å². The Bertz CT molecular complexity index is 1550. The molecular formula is C33H35ClN4O6S. The number of carbonyl (C=O) groups excluding carboxylic acids is 3. The van der Waals surface area contributed by atoms with E-state index < -0.39 is 36.1 Å². The highest BCUT2D eigenvalue weighted by Gasteiger charge is 2.33. The Morgan fingerprint density at radius 3 is 2.18 bits per heavy atom. The van der Waals surface area contributed by atoms with E-state index in [4.69, 9.17) is 26.8 Å². The maximum Gasteiger partial charge on any atom is 0.414 e. The molecule has 0 bridgehead atoms. The molecule has 3 amide bonds. The Balaban J connectivity index is 1.55. The fraction of sp³-hybridized carbons (Fsp3) is 0.242. The van der Waals surface area contributed by atoms with E-state index in [1.54, 1.807) is 66.0 Å². The highest BCUT2D eigenvalue weighted by Crippen LogP contribution is 2.30. The number of benzene rings is 3. The van der Waals surface area contributed by atoms with Gasteiger partial charge in [0.15, 0.2) is 0 Å². The van der Waals surface area contributed by atoms with Crippen molar-refractivity contribution in [2.75, 3.05) is 6.61 Å². The van der Waals surface area contributed by atoms with Crippen LogP contribution in [0.2, 0.25) is 5.02 Å². The molecule has 0 aliphatic carbocycles. The molecule has 0 saturated heterocycles. The molecule has 4 rings (SSSR count). The molecule has 0 saturated carbocycles. The zero-order valence-corrected chi connectivity index (χ0v) is 26.1. The molecule has 0 unspecified atom stereocenters. The third-order valence-electron chi connectivity index (χ3n) is 6.82. The van der Waals surface area contributed by atoms with Gasteiger partial charge in [-0.25, -0.2) is 4.79 Å². The van der Waals surface area contributed by atoms with Crippen molar-refractivity contribution in [1.82, 2.24) is 16.0 Å². The number of ether oxygens (including phenoxy) is 2. The van der Waals surface area contributed by atoms with Gasteiger partial charge in [-0.3, -0.25) is 9.59 Å². The van der Waals surface area contributed by atoms with Crippen molar-refractivity contribution in [2.45, 2.75) is 44.6 Å². The molecule has 1 heterocycles. The number of aliphatic hydroxyl groups excluding tert-OH is 1. The van der Waals surface area contributed by atoms with E-state index in [2.05, 4.69) is 16.0 Å². The minimum absolute atomic E-state index is 0.0504. The van der Waals surface area contributed by atoms with Crippen LogP contribution >= 0.6 is 22.9 Å². The third kappa shape index (κ3) is 9.79. The second-order valence-electron chi connectivity index (χ2n) is 10.0. The molecule has 3 atom stereocenters. The third-order valence-corrected chi connectivity index (χ3v) is 8.01. The van der Waals surface area contributed by atoms with Crippen molar-refractivity contribution in [2.24, 2.45) is 5.73 Å². The molecule has 45 heavy (non-hydrogen) atoms. The summed E-state index contributed by atoms with van der Waals surface area (Å²) in [4.78, 5) is 40.1. The predicted molar refractivity (Wildman–Crippen MR) is 173 cm³/mol. The van der Waals surface area contributed by atoms with E-state index in [0.717, 1.165) is 22.5 Å². The number of hydrogen-bond donors (Lipinski definition) is 5. The van der Waals surface area contributed by atoms with Crippen molar-refractivity contribution >= 4 is 40.8 Å². The minimum Gasteiger partial charge on any atom is -0.494 e. The largest absolute Gasteiger partial charge is 0.494 e. The number of aliphatic hydroxyl groups is 1. The van der Waals surface area contributed by atoms with Crippen LogP contribution in [0.15, 0.2) is 90.3 Å². The van der Waals surface area contributed by atoms with Gasteiger partial charge in [-0.1, -0.05) is 78.3 Å². The normalized spacial score (nSPS) is 12.8. The molecule has 12 heteroatoms. The standard InChI is InChI=1S/C33H35ClN4O6S/c1-2-43-25-14-12-21(13-15-25)18-27(37-33(42)44-32-26(34)16-17-45-32)30(40)38-28(29(39)24-6-4-3-5-7-24)31(41)36-20-23-10-8-22(19-35)9-11-23/h3-17,27-29,39H,2,18-20,35H2,1H3,(H,36,41)(H,37,42)(H,38,40)/t27-,28+,29-/m1/s1. The maximum atomic E-state index is 13.8. The molecule has 236 valence electrons. The first-order valence-corrected chi connectivity index (χ1v) is 15.5. The first kappa shape index (κ1) is 33.5. The summed E-state index contributed by atoms with van der Waals surface area (Å²) < 4.78 is 10.8. The van der Waals surface area contributed by atoms with Gasteiger partial charge in [0.25, 0.3) is 0 Å². The Morgan fingerprint density at radius 1 is 0.889 bits per heavy atom. The van der Waals surface area contributed by atoms with Crippen LogP contribution in [-0.4, -0.2) is 41.7 Å². The molecule has 0 aliphatic heterocycles. The predicted octanol–water partition coefficient (Wildman–Crippen LogP) is 4.49. The summed E-state index contributed by atoms with van der Waals surface area (Å²) in [5, 5.41) is 21.4. The molecule has 4 aromatic rings. The van der Waals surface area contributed by atoms with E-state index in [-0.39, 0.29) is 23.1 Å².